The van der Waals surface area contributed by atoms with Gasteiger partial charge >= 0.3 is 6.18 Å². The first-order valence-corrected chi connectivity index (χ1v) is 13.1. The molecule has 4 aromatic rings. The van der Waals surface area contributed by atoms with Crippen LogP contribution >= 0.6 is 0 Å². The number of benzene rings is 2. The van der Waals surface area contributed by atoms with Crippen LogP contribution in [0.5, 0.6) is 0 Å². The maximum Gasteiger partial charge on any atom is 0.435 e. The first kappa shape index (κ1) is 27.2. The Balaban J connectivity index is 1.09. The Labute approximate surface area is 228 Å². The Morgan fingerprint density at radius 2 is 1.57 bits per heavy atom. The lowest BCUT2D eigenvalue weighted by Crippen LogP contribution is -2.38. The number of oxazole rings is 1. The van der Waals surface area contributed by atoms with Crippen LogP contribution in [-0.2, 0) is 11.0 Å². The molecule has 0 radical (unpaired) electrons. The van der Waals surface area contributed by atoms with E-state index in [0.717, 1.165) is 29.3 Å². The highest BCUT2D eigenvalue weighted by Crippen LogP contribution is 2.37. The van der Waals surface area contributed by atoms with Crippen LogP contribution in [0.25, 0.3) is 17.0 Å². The first-order valence-electron chi connectivity index (χ1n) is 13.1. The van der Waals surface area contributed by atoms with Crippen LogP contribution in [0, 0.1) is 5.92 Å². The lowest BCUT2D eigenvalue weighted by atomic mass is 9.81. The van der Waals surface area contributed by atoms with Crippen LogP contribution in [0.1, 0.15) is 53.5 Å². The molecule has 1 saturated carbocycles. The monoisotopic (exact) mass is 551 g/mol. The van der Waals surface area contributed by atoms with Crippen LogP contribution in [0.4, 0.5) is 13.2 Å². The minimum atomic E-state index is -4.80. The number of carbonyl (C=O) groups is 2. The Morgan fingerprint density at radius 3 is 2.25 bits per heavy atom. The van der Waals surface area contributed by atoms with Gasteiger partial charge in [-0.05, 0) is 37.8 Å². The fourth-order valence-electron chi connectivity index (χ4n) is 4.88. The van der Waals surface area contributed by atoms with E-state index in [4.69, 9.17) is 4.42 Å². The number of halogens is 3. The number of hydrogen-bond donors (Lipinski definition) is 2. The van der Waals surface area contributed by atoms with Gasteiger partial charge in [0.2, 0.25) is 5.91 Å². The van der Waals surface area contributed by atoms with E-state index in [9.17, 15) is 22.8 Å². The predicted octanol–water partition coefficient (Wildman–Crippen LogP) is 5.37. The molecule has 1 fully saturated rings. The summed E-state index contributed by atoms with van der Waals surface area (Å²) >= 11 is 0. The van der Waals surface area contributed by atoms with Crippen LogP contribution in [0.2, 0.25) is 0 Å². The van der Waals surface area contributed by atoms with Gasteiger partial charge in [0.25, 0.3) is 5.91 Å². The Hall–Kier alpha value is -4.41. The maximum atomic E-state index is 13.5. The Kier molecular flexibility index (Phi) is 7.99. The van der Waals surface area contributed by atoms with Crippen molar-refractivity contribution < 1.29 is 27.2 Å². The van der Waals surface area contributed by atoms with Crippen LogP contribution in [0.15, 0.2) is 77.5 Å². The fraction of sp³-hybridized carbons (Fsp3) is 0.310. The Morgan fingerprint density at radius 1 is 0.925 bits per heavy atom. The third-order valence-corrected chi connectivity index (χ3v) is 6.99. The lowest BCUT2D eigenvalue weighted by molar-refractivity contribution is -0.141. The summed E-state index contributed by atoms with van der Waals surface area (Å²) in [5.74, 6) is 0.293. The topological polar surface area (TPSA) is 102 Å². The molecule has 2 N–H and O–H groups in total. The van der Waals surface area contributed by atoms with Crippen molar-refractivity contribution in [3.05, 3.63) is 90.2 Å². The van der Waals surface area contributed by atoms with Crippen LogP contribution in [-0.4, -0.2) is 39.7 Å². The minimum absolute atomic E-state index is 0.0215. The summed E-state index contributed by atoms with van der Waals surface area (Å²) < 4.78 is 47.6. The number of carbonyl (C=O) groups excluding carboxylic acids is 2. The molecular formula is C29H28F3N5O3. The number of nitrogens with zero attached hydrogens (tertiary/aromatic N) is 3. The SMILES string of the molecule is O=C(NCCNC(=O)C1CCC(c2ncc(-c3ccccc3)o2)CC1)c1cn(-c2ccccc2)nc1C(F)(F)F. The first-order chi connectivity index (χ1) is 19.3. The van der Waals surface area contributed by atoms with Crippen molar-refractivity contribution in [3.63, 3.8) is 0 Å². The van der Waals surface area contributed by atoms with Gasteiger partial charge in [-0.1, -0.05) is 48.5 Å². The van der Waals surface area contributed by atoms with Crippen molar-refractivity contribution in [1.29, 1.82) is 0 Å². The average molecular weight is 552 g/mol. The molecule has 1 aliphatic carbocycles. The zero-order valence-electron chi connectivity index (χ0n) is 21.5. The van der Waals surface area contributed by atoms with Gasteiger partial charge in [0.05, 0.1) is 17.4 Å². The molecule has 40 heavy (non-hydrogen) atoms. The predicted molar refractivity (Wildman–Crippen MR) is 141 cm³/mol. The van der Waals surface area contributed by atoms with Crippen molar-refractivity contribution in [3.8, 4) is 17.0 Å². The number of rotatable bonds is 8. The molecule has 0 atom stereocenters. The van der Waals surface area contributed by atoms with Gasteiger partial charge in [-0.2, -0.15) is 18.3 Å². The second-order valence-corrected chi connectivity index (χ2v) is 9.69. The van der Waals surface area contributed by atoms with E-state index in [1.54, 1.807) is 36.5 Å². The summed E-state index contributed by atoms with van der Waals surface area (Å²) in [5, 5.41) is 8.82. The van der Waals surface area contributed by atoms with Crippen LogP contribution < -0.4 is 10.6 Å². The third kappa shape index (κ3) is 6.24. The highest BCUT2D eigenvalue weighted by Gasteiger charge is 2.39. The van der Waals surface area contributed by atoms with Crippen LogP contribution in [0.3, 0.4) is 0 Å². The van der Waals surface area contributed by atoms with E-state index in [-0.39, 0.29) is 30.8 Å². The summed E-state index contributed by atoms with van der Waals surface area (Å²) in [4.78, 5) is 29.7. The van der Waals surface area contributed by atoms with Gasteiger partial charge in [-0.25, -0.2) is 9.67 Å². The maximum absolute atomic E-state index is 13.5. The van der Waals surface area contributed by atoms with Gasteiger partial charge in [0.1, 0.15) is 0 Å². The molecule has 11 heteroatoms. The van der Waals surface area contributed by atoms with E-state index < -0.39 is 23.3 Å². The average Bonchev–Trinajstić information content (AvgIpc) is 3.65. The summed E-state index contributed by atoms with van der Waals surface area (Å²) in [6.45, 7) is 0.0746. The minimum Gasteiger partial charge on any atom is -0.440 e. The van der Waals surface area contributed by atoms with Gasteiger partial charge in [-0.3, -0.25) is 9.59 Å². The van der Waals surface area contributed by atoms with E-state index in [2.05, 4.69) is 20.7 Å². The van der Waals surface area contributed by atoms with Gasteiger partial charge in [0.15, 0.2) is 17.3 Å². The number of alkyl halides is 3. The molecule has 0 saturated heterocycles. The molecular weight excluding hydrogens is 523 g/mol. The number of hydrogen-bond acceptors (Lipinski definition) is 5. The molecule has 2 aromatic heterocycles. The molecule has 0 spiro atoms. The summed E-state index contributed by atoms with van der Waals surface area (Å²) in [6.07, 6.45) is 0.834. The van der Waals surface area contributed by atoms with Crippen molar-refractivity contribution in [2.24, 2.45) is 5.92 Å². The normalized spacial score (nSPS) is 17.4. The molecule has 208 valence electrons. The molecule has 0 unspecified atom stereocenters. The zero-order valence-corrected chi connectivity index (χ0v) is 21.5. The fourth-order valence-corrected chi connectivity index (χ4v) is 4.88. The summed E-state index contributed by atoms with van der Waals surface area (Å²) in [5.41, 5.74) is -0.492. The number of para-hydroxylation sites is 1. The van der Waals surface area contributed by atoms with Gasteiger partial charge in [0, 0.05) is 36.7 Å². The summed E-state index contributed by atoms with van der Waals surface area (Å²) in [7, 11) is 0. The van der Waals surface area contributed by atoms with Crippen molar-refractivity contribution in [2.75, 3.05) is 13.1 Å². The van der Waals surface area contributed by atoms with E-state index in [0.29, 0.717) is 30.2 Å². The standard InChI is InChI=1S/C29H28F3N5O3/c30-29(31,32)25-23(18-37(36-25)22-9-5-2-6-10-22)27(39)34-16-15-33-26(38)20-11-13-21(14-12-20)28-35-17-24(40-28)19-7-3-1-4-8-19/h1-10,17-18,20-21H,11-16H2,(H,33,38)(H,34,39). The smallest absolute Gasteiger partial charge is 0.435 e. The number of nitrogens with one attached hydrogen (secondary N) is 2. The molecule has 2 aromatic carbocycles. The molecule has 2 amide bonds. The molecule has 2 heterocycles. The molecule has 1 aliphatic rings. The van der Waals surface area contributed by atoms with Crippen molar-refractivity contribution in [1.82, 2.24) is 25.4 Å². The van der Waals surface area contributed by atoms with E-state index in [1.165, 1.54) is 0 Å². The molecule has 8 nitrogen and oxygen atoms in total. The molecule has 0 bridgehead atoms. The second-order valence-electron chi connectivity index (χ2n) is 9.69. The molecule has 5 rings (SSSR count). The highest BCUT2D eigenvalue weighted by atomic mass is 19.4. The Bertz CT molecular complexity index is 1440. The largest absolute Gasteiger partial charge is 0.440 e. The highest BCUT2D eigenvalue weighted by molar-refractivity contribution is 5.95. The molecule has 0 aliphatic heterocycles. The van der Waals surface area contributed by atoms with Gasteiger partial charge in [-0.15, -0.1) is 0 Å². The van der Waals surface area contributed by atoms with Crippen molar-refractivity contribution in [2.45, 2.75) is 37.8 Å². The van der Waals surface area contributed by atoms with E-state index >= 15 is 0 Å². The summed E-state index contributed by atoms with van der Waals surface area (Å²) in [6, 6.07) is 18.0. The van der Waals surface area contributed by atoms with Crippen molar-refractivity contribution >= 4 is 11.8 Å². The van der Waals surface area contributed by atoms with Gasteiger partial charge < -0.3 is 15.1 Å². The van der Waals surface area contributed by atoms with E-state index in [1.807, 2.05) is 30.3 Å². The quantitative estimate of drug-likeness (QED) is 0.287. The lowest BCUT2D eigenvalue weighted by Gasteiger charge is -2.26. The zero-order chi connectivity index (χ0) is 28.1. The third-order valence-electron chi connectivity index (χ3n) is 6.99. The second kappa shape index (κ2) is 11.8. The number of aromatic nitrogens is 3. The number of amides is 2.